The number of ketones is 1. The summed E-state index contributed by atoms with van der Waals surface area (Å²) in [5.41, 5.74) is 1.81. The van der Waals surface area contributed by atoms with Crippen molar-refractivity contribution in [3.05, 3.63) is 53.1 Å². The SMILES string of the molecule is CCOc1cc(C(=O)NCC#Cc2ccc(C(C)=O)cc2)cc(OCC)c1OCC. The van der Waals surface area contributed by atoms with Crippen molar-refractivity contribution in [2.24, 2.45) is 0 Å². The average Bonchev–Trinajstić information content (AvgIpc) is 2.73. The fraction of sp³-hybridized carbons (Fsp3) is 0.333. The van der Waals surface area contributed by atoms with Crippen LogP contribution in [0.15, 0.2) is 36.4 Å². The number of rotatable bonds is 9. The van der Waals surface area contributed by atoms with Crippen molar-refractivity contribution in [2.45, 2.75) is 27.7 Å². The highest BCUT2D eigenvalue weighted by atomic mass is 16.5. The second-order valence-electron chi connectivity index (χ2n) is 6.22. The fourth-order valence-corrected chi connectivity index (χ4v) is 2.68. The lowest BCUT2D eigenvalue weighted by atomic mass is 10.1. The van der Waals surface area contributed by atoms with Crippen LogP contribution in [0.4, 0.5) is 0 Å². The van der Waals surface area contributed by atoms with Gasteiger partial charge in [0.2, 0.25) is 5.75 Å². The van der Waals surface area contributed by atoms with E-state index in [4.69, 9.17) is 14.2 Å². The lowest BCUT2D eigenvalue weighted by Gasteiger charge is -2.16. The Morgan fingerprint density at radius 2 is 1.43 bits per heavy atom. The van der Waals surface area contributed by atoms with Gasteiger partial charge in [0.05, 0.1) is 26.4 Å². The van der Waals surface area contributed by atoms with Crippen molar-refractivity contribution >= 4 is 11.7 Å². The summed E-state index contributed by atoms with van der Waals surface area (Å²) in [4.78, 5) is 23.9. The molecule has 0 radical (unpaired) electrons. The molecular weight excluding hydrogens is 382 g/mol. The van der Waals surface area contributed by atoms with Crippen LogP contribution in [0.3, 0.4) is 0 Å². The molecule has 2 aromatic rings. The van der Waals surface area contributed by atoms with E-state index in [9.17, 15) is 9.59 Å². The third-order valence-corrected chi connectivity index (χ3v) is 4.03. The number of carbonyl (C=O) groups is 2. The molecule has 0 saturated carbocycles. The summed E-state index contributed by atoms with van der Waals surface area (Å²) in [6, 6.07) is 10.3. The van der Waals surface area contributed by atoms with Crippen LogP contribution in [0, 0.1) is 11.8 Å². The second kappa shape index (κ2) is 11.5. The van der Waals surface area contributed by atoms with Crippen LogP contribution in [0.5, 0.6) is 17.2 Å². The van der Waals surface area contributed by atoms with Gasteiger partial charge < -0.3 is 19.5 Å². The predicted octanol–water partition coefficient (Wildman–Crippen LogP) is 3.87. The number of ether oxygens (including phenoxy) is 3. The first kappa shape index (κ1) is 22.8. The summed E-state index contributed by atoms with van der Waals surface area (Å²) in [5, 5.41) is 2.77. The van der Waals surface area contributed by atoms with Gasteiger partial charge >= 0.3 is 0 Å². The molecule has 0 saturated heterocycles. The van der Waals surface area contributed by atoms with Gasteiger partial charge in [0, 0.05) is 16.7 Å². The van der Waals surface area contributed by atoms with Gasteiger partial charge in [-0.3, -0.25) is 9.59 Å². The molecule has 6 nitrogen and oxygen atoms in total. The number of carbonyl (C=O) groups excluding carboxylic acids is 2. The zero-order valence-electron chi connectivity index (χ0n) is 17.8. The Bertz CT molecular complexity index is 911. The standard InChI is InChI=1S/C24H27NO5/c1-5-28-21-15-20(16-22(29-6-2)23(21)30-7-3)24(27)25-14-8-9-18-10-12-19(13-11-18)17(4)26/h10-13,15-16H,5-7,14H2,1-4H3,(H,25,27). The van der Waals surface area contributed by atoms with Gasteiger partial charge in [-0.25, -0.2) is 0 Å². The molecule has 0 aromatic heterocycles. The predicted molar refractivity (Wildman–Crippen MR) is 116 cm³/mol. The number of Topliss-reactive ketones (excluding diaryl/α,β-unsaturated/α-hetero) is 1. The third-order valence-electron chi connectivity index (χ3n) is 4.03. The normalized spacial score (nSPS) is 9.87. The van der Waals surface area contributed by atoms with Gasteiger partial charge in [-0.05, 0) is 52.0 Å². The molecule has 0 aliphatic rings. The number of hydrogen-bond donors (Lipinski definition) is 1. The van der Waals surface area contributed by atoms with E-state index in [1.165, 1.54) is 6.92 Å². The lowest BCUT2D eigenvalue weighted by molar-refractivity contribution is 0.0956. The molecule has 0 aliphatic heterocycles. The minimum Gasteiger partial charge on any atom is -0.490 e. The molecule has 0 heterocycles. The van der Waals surface area contributed by atoms with Crippen LogP contribution < -0.4 is 19.5 Å². The topological polar surface area (TPSA) is 73.9 Å². The fourth-order valence-electron chi connectivity index (χ4n) is 2.68. The Labute approximate surface area is 177 Å². The van der Waals surface area contributed by atoms with Crippen LogP contribution in [0.25, 0.3) is 0 Å². The summed E-state index contributed by atoms with van der Waals surface area (Å²) in [6.07, 6.45) is 0. The van der Waals surface area contributed by atoms with Crippen molar-refractivity contribution < 1.29 is 23.8 Å². The van der Waals surface area contributed by atoms with Crippen molar-refractivity contribution in [1.29, 1.82) is 0 Å². The Balaban J connectivity index is 2.11. The number of benzene rings is 2. The molecule has 0 aliphatic carbocycles. The van der Waals surface area contributed by atoms with Gasteiger partial charge in [0.15, 0.2) is 17.3 Å². The molecule has 1 N–H and O–H groups in total. The van der Waals surface area contributed by atoms with E-state index in [2.05, 4.69) is 17.2 Å². The van der Waals surface area contributed by atoms with Crippen molar-refractivity contribution in [3.63, 3.8) is 0 Å². The first-order valence-corrected chi connectivity index (χ1v) is 9.94. The van der Waals surface area contributed by atoms with Gasteiger partial charge in [-0.1, -0.05) is 24.0 Å². The zero-order valence-corrected chi connectivity index (χ0v) is 17.8. The maximum Gasteiger partial charge on any atom is 0.252 e. The largest absolute Gasteiger partial charge is 0.490 e. The van der Waals surface area contributed by atoms with Crippen molar-refractivity contribution in [2.75, 3.05) is 26.4 Å². The highest BCUT2D eigenvalue weighted by molar-refractivity contribution is 5.96. The molecule has 0 fully saturated rings. The molecule has 30 heavy (non-hydrogen) atoms. The first-order valence-electron chi connectivity index (χ1n) is 9.94. The van der Waals surface area contributed by atoms with Gasteiger partial charge in [0.1, 0.15) is 0 Å². The highest BCUT2D eigenvalue weighted by Gasteiger charge is 2.18. The first-order chi connectivity index (χ1) is 14.5. The second-order valence-corrected chi connectivity index (χ2v) is 6.22. The van der Waals surface area contributed by atoms with Crippen LogP contribution in [-0.2, 0) is 0 Å². The van der Waals surface area contributed by atoms with Gasteiger partial charge in [0.25, 0.3) is 5.91 Å². The minimum atomic E-state index is -0.291. The minimum absolute atomic E-state index is 0.00923. The molecule has 0 atom stereocenters. The molecule has 2 rings (SSSR count). The molecule has 6 heteroatoms. The van der Waals surface area contributed by atoms with Crippen LogP contribution in [0.1, 0.15) is 54.0 Å². The Kier molecular flexibility index (Phi) is 8.76. The molecule has 0 unspecified atom stereocenters. The van der Waals surface area contributed by atoms with E-state index in [0.29, 0.717) is 48.2 Å². The highest BCUT2D eigenvalue weighted by Crippen LogP contribution is 2.39. The van der Waals surface area contributed by atoms with Crippen molar-refractivity contribution in [3.8, 4) is 29.1 Å². The molecule has 158 valence electrons. The summed E-state index contributed by atoms with van der Waals surface area (Å²) >= 11 is 0. The maximum absolute atomic E-state index is 12.6. The van der Waals surface area contributed by atoms with E-state index in [1.807, 2.05) is 20.8 Å². The van der Waals surface area contributed by atoms with Crippen molar-refractivity contribution in [1.82, 2.24) is 5.32 Å². The number of amides is 1. The average molecular weight is 409 g/mol. The smallest absolute Gasteiger partial charge is 0.252 e. The van der Waals surface area contributed by atoms with Crippen LogP contribution in [0.2, 0.25) is 0 Å². The monoisotopic (exact) mass is 409 g/mol. The van der Waals surface area contributed by atoms with E-state index in [1.54, 1.807) is 36.4 Å². The molecule has 2 aromatic carbocycles. The Hall–Kier alpha value is -3.46. The zero-order chi connectivity index (χ0) is 21.9. The number of nitrogens with one attached hydrogen (secondary N) is 1. The Morgan fingerprint density at radius 3 is 1.93 bits per heavy atom. The quantitative estimate of drug-likeness (QED) is 0.503. The molecular formula is C24H27NO5. The van der Waals surface area contributed by atoms with E-state index >= 15 is 0 Å². The lowest BCUT2D eigenvalue weighted by Crippen LogP contribution is -2.23. The van der Waals surface area contributed by atoms with Gasteiger partial charge in [-0.2, -0.15) is 0 Å². The van der Waals surface area contributed by atoms with E-state index < -0.39 is 0 Å². The van der Waals surface area contributed by atoms with Crippen LogP contribution in [-0.4, -0.2) is 38.1 Å². The van der Waals surface area contributed by atoms with E-state index in [-0.39, 0.29) is 18.2 Å². The third kappa shape index (κ3) is 6.28. The summed E-state index contributed by atoms with van der Waals surface area (Å²) in [7, 11) is 0. The van der Waals surface area contributed by atoms with E-state index in [0.717, 1.165) is 5.56 Å². The summed E-state index contributed by atoms with van der Waals surface area (Å²) in [6.45, 7) is 8.62. The molecule has 0 spiro atoms. The molecule has 0 bridgehead atoms. The summed E-state index contributed by atoms with van der Waals surface area (Å²) < 4.78 is 16.9. The maximum atomic E-state index is 12.6. The van der Waals surface area contributed by atoms with Gasteiger partial charge in [-0.15, -0.1) is 0 Å². The van der Waals surface area contributed by atoms with Crippen LogP contribution >= 0.6 is 0 Å². The number of hydrogen-bond acceptors (Lipinski definition) is 5. The molecule has 1 amide bonds. The Morgan fingerprint density at radius 1 is 0.867 bits per heavy atom. The summed E-state index contributed by atoms with van der Waals surface area (Å²) in [5.74, 6) is 7.01.